The van der Waals surface area contributed by atoms with Gasteiger partial charge in [0.05, 0.1) is 7.11 Å². The maximum absolute atomic E-state index is 6.04. The topological polar surface area (TPSA) is 49.2 Å². The number of rotatable bonds is 9. The maximum Gasteiger partial charge on any atom is 0.191 e. The first kappa shape index (κ1) is 20.3. The fraction of sp³-hybridized carbons (Fsp3) is 0.238. The SMILES string of the molecule is C=CCn1c(SCc2ccc(Cl)cc2)nnc1C(C)Oc1ccc(OC)cc1. The summed E-state index contributed by atoms with van der Waals surface area (Å²) in [4.78, 5) is 0. The van der Waals surface area contributed by atoms with Gasteiger partial charge in [-0.2, -0.15) is 0 Å². The lowest BCUT2D eigenvalue weighted by Gasteiger charge is -2.16. The number of hydrogen-bond donors (Lipinski definition) is 0. The molecule has 0 aliphatic heterocycles. The Morgan fingerprint density at radius 1 is 1.11 bits per heavy atom. The van der Waals surface area contributed by atoms with Gasteiger partial charge < -0.3 is 9.47 Å². The third-order valence-electron chi connectivity index (χ3n) is 4.07. The van der Waals surface area contributed by atoms with Crippen LogP contribution >= 0.6 is 23.4 Å². The Bertz CT molecular complexity index is 910. The molecule has 1 unspecified atom stereocenters. The molecule has 0 spiro atoms. The van der Waals surface area contributed by atoms with Crippen molar-refractivity contribution in [3.8, 4) is 11.5 Å². The van der Waals surface area contributed by atoms with Crippen molar-refractivity contribution in [2.75, 3.05) is 7.11 Å². The lowest BCUT2D eigenvalue weighted by Crippen LogP contribution is -2.12. The number of nitrogens with zero attached hydrogens (tertiary/aromatic N) is 3. The Morgan fingerprint density at radius 3 is 2.43 bits per heavy atom. The highest BCUT2D eigenvalue weighted by molar-refractivity contribution is 7.98. The Hall–Kier alpha value is -2.44. The number of thioether (sulfide) groups is 1. The van der Waals surface area contributed by atoms with E-state index >= 15 is 0 Å². The summed E-state index contributed by atoms with van der Waals surface area (Å²) >= 11 is 7.57. The van der Waals surface area contributed by atoms with Gasteiger partial charge in [-0.3, -0.25) is 4.57 Å². The highest BCUT2D eigenvalue weighted by atomic mass is 35.5. The third-order valence-corrected chi connectivity index (χ3v) is 5.36. The number of halogens is 1. The van der Waals surface area contributed by atoms with Crippen molar-refractivity contribution in [3.05, 3.63) is 77.6 Å². The van der Waals surface area contributed by atoms with Crippen molar-refractivity contribution >= 4 is 23.4 Å². The van der Waals surface area contributed by atoms with Gasteiger partial charge >= 0.3 is 0 Å². The van der Waals surface area contributed by atoms with Crippen molar-refractivity contribution in [2.45, 2.75) is 30.5 Å². The Kier molecular flexibility index (Phi) is 7.01. The van der Waals surface area contributed by atoms with Crippen molar-refractivity contribution in [1.82, 2.24) is 14.8 Å². The minimum atomic E-state index is -0.259. The number of ether oxygens (including phenoxy) is 2. The molecule has 28 heavy (non-hydrogen) atoms. The quantitative estimate of drug-likeness (QED) is 0.338. The van der Waals surface area contributed by atoms with Gasteiger partial charge in [0.15, 0.2) is 17.1 Å². The molecule has 0 saturated heterocycles. The van der Waals surface area contributed by atoms with Crippen LogP contribution in [0.1, 0.15) is 24.4 Å². The fourth-order valence-corrected chi connectivity index (χ4v) is 3.68. The Morgan fingerprint density at radius 2 is 1.79 bits per heavy atom. The molecular weight excluding hydrogens is 394 g/mol. The van der Waals surface area contributed by atoms with E-state index in [1.807, 2.05) is 66.1 Å². The first-order chi connectivity index (χ1) is 13.6. The predicted octanol–water partition coefficient (Wildman–Crippen LogP) is 5.56. The molecular formula is C21H22ClN3O2S. The van der Waals surface area contributed by atoms with Gasteiger partial charge in [-0.25, -0.2) is 0 Å². The molecule has 5 nitrogen and oxygen atoms in total. The summed E-state index contributed by atoms with van der Waals surface area (Å²) in [6.45, 7) is 6.43. The molecule has 0 bridgehead atoms. The minimum absolute atomic E-state index is 0.259. The van der Waals surface area contributed by atoms with Gasteiger partial charge in [0.1, 0.15) is 11.5 Å². The molecule has 2 aromatic carbocycles. The van der Waals surface area contributed by atoms with Gasteiger partial charge in [0.25, 0.3) is 0 Å². The lowest BCUT2D eigenvalue weighted by molar-refractivity contribution is 0.210. The van der Waals surface area contributed by atoms with Crippen LogP contribution in [0.2, 0.25) is 5.02 Å². The van der Waals surface area contributed by atoms with E-state index in [-0.39, 0.29) is 6.10 Å². The second-order valence-electron chi connectivity index (χ2n) is 6.09. The highest BCUT2D eigenvalue weighted by Crippen LogP contribution is 2.27. The van der Waals surface area contributed by atoms with Gasteiger partial charge in [-0.1, -0.05) is 41.6 Å². The van der Waals surface area contributed by atoms with E-state index in [9.17, 15) is 0 Å². The van der Waals surface area contributed by atoms with Crippen LogP contribution in [-0.2, 0) is 12.3 Å². The van der Waals surface area contributed by atoms with Crippen LogP contribution in [0, 0.1) is 0 Å². The van der Waals surface area contributed by atoms with E-state index in [0.29, 0.717) is 6.54 Å². The molecule has 1 heterocycles. The summed E-state index contributed by atoms with van der Waals surface area (Å²) in [5, 5.41) is 10.3. The molecule has 1 atom stereocenters. The molecule has 0 fully saturated rings. The zero-order valence-corrected chi connectivity index (χ0v) is 17.4. The summed E-state index contributed by atoms with van der Waals surface area (Å²) in [6, 6.07) is 15.3. The Balaban J connectivity index is 1.72. The van der Waals surface area contributed by atoms with Crippen LogP contribution in [-0.4, -0.2) is 21.9 Å². The lowest BCUT2D eigenvalue weighted by atomic mass is 10.2. The van der Waals surface area contributed by atoms with Gasteiger partial charge in [0, 0.05) is 17.3 Å². The van der Waals surface area contributed by atoms with E-state index < -0.39 is 0 Å². The number of benzene rings is 2. The molecule has 0 aliphatic carbocycles. The average molecular weight is 416 g/mol. The highest BCUT2D eigenvalue weighted by Gasteiger charge is 2.19. The van der Waals surface area contributed by atoms with Gasteiger partial charge in [0.2, 0.25) is 0 Å². The van der Waals surface area contributed by atoms with Crippen LogP contribution in [0.15, 0.2) is 66.3 Å². The first-order valence-electron chi connectivity index (χ1n) is 8.82. The van der Waals surface area contributed by atoms with E-state index in [1.165, 1.54) is 5.56 Å². The van der Waals surface area contributed by atoms with Crippen LogP contribution in [0.5, 0.6) is 11.5 Å². The second-order valence-corrected chi connectivity index (χ2v) is 7.47. The monoisotopic (exact) mass is 415 g/mol. The van der Waals surface area contributed by atoms with E-state index in [1.54, 1.807) is 18.9 Å². The summed E-state index contributed by atoms with van der Waals surface area (Å²) in [5.41, 5.74) is 1.17. The molecule has 7 heteroatoms. The fourth-order valence-electron chi connectivity index (χ4n) is 2.65. The molecule has 1 aromatic heterocycles. The van der Waals surface area contributed by atoms with Crippen LogP contribution < -0.4 is 9.47 Å². The van der Waals surface area contributed by atoms with Gasteiger partial charge in [-0.05, 0) is 48.9 Å². The molecule has 0 saturated carbocycles. The smallest absolute Gasteiger partial charge is 0.191 e. The molecule has 3 rings (SSSR count). The zero-order chi connectivity index (χ0) is 19.9. The van der Waals surface area contributed by atoms with E-state index in [2.05, 4.69) is 16.8 Å². The third kappa shape index (κ3) is 5.09. The molecule has 0 aliphatic rings. The second kappa shape index (κ2) is 9.66. The first-order valence-corrected chi connectivity index (χ1v) is 10.2. The molecule has 0 N–H and O–H groups in total. The standard InChI is InChI=1S/C21H22ClN3O2S/c1-4-13-25-20(15(2)27-19-11-9-18(26-3)10-12-19)23-24-21(25)28-14-16-5-7-17(22)8-6-16/h4-12,15H,1,13-14H2,2-3H3. The summed E-state index contributed by atoms with van der Waals surface area (Å²) in [5.74, 6) is 3.07. The number of hydrogen-bond acceptors (Lipinski definition) is 5. The van der Waals surface area contributed by atoms with Crippen LogP contribution in [0.4, 0.5) is 0 Å². The summed E-state index contributed by atoms with van der Waals surface area (Å²) in [7, 11) is 1.64. The van der Waals surface area contributed by atoms with E-state index in [4.69, 9.17) is 21.1 Å². The summed E-state index contributed by atoms with van der Waals surface area (Å²) < 4.78 is 13.2. The number of methoxy groups -OCH3 is 1. The minimum Gasteiger partial charge on any atom is -0.497 e. The Labute approximate surface area is 174 Å². The molecule has 0 amide bonds. The van der Waals surface area contributed by atoms with E-state index in [0.717, 1.165) is 33.3 Å². The van der Waals surface area contributed by atoms with Gasteiger partial charge in [-0.15, -0.1) is 16.8 Å². The van der Waals surface area contributed by atoms with Crippen molar-refractivity contribution < 1.29 is 9.47 Å². The average Bonchev–Trinajstić information content (AvgIpc) is 3.11. The zero-order valence-electron chi connectivity index (χ0n) is 15.8. The predicted molar refractivity (Wildman–Crippen MR) is 113 cm³/mol. The molecule has 3 aromatic rings. The summed E-state index contributed by atoms with van der Waals surface area (Å²) in [6.07, 6.45) is 1.57. The van der Waals surface area contributed by atoms with Crippen LogP contribution in [0.25, 0.3) is 0 Å². The van der Waals surface area contributed by atoms with Crippen LogP contribution in [0.3, 0.4) is 0 Å². The number of aromatic nitrogens is 3. The maximum atomic E-state index is 6.04. The molecule has 146 valence electrons. The normalized spacial score (nSPS) is 11.8. The van der Waals surface area contributed by atoms with Crippen molar-refractivity contribution in [2.24, 2.45) is 0 Å². The van der Waals surface area contributed by atoms with Crippen molar-refractivity contribution in [1.29, 1.82) is 0 Å². The molecule has 0 radical (unpaired) electrons. The number of allylic oxidation sites excluding steroid dienone is 1. The van der Waals surface area contributed by atoms with Crippen molar-refractivity contribution in [3.63, 3.8) is 0 Å². The largest absolute Gasteiger partial charge is 0.497 e.